The molecule has 1 aromatic heterocycles. The van der Waals surface area contributed by atoms with Crippen LogP contribution in [-0.4, -0.2) is 48.3 Å². The molecule has 0 aliphatic carbocycles. The second-order valence-electron chi connectivity index (χ2n) is 8.81. The summed E-state index contributed by atoms with van der Waals surface area (Å²) in [5.74, 6) is 1.32. The van der Waals surface area contributed by atoms with Gasteiger partial charge in [0.15, 0.2) is 5.82 Å². The van der Waals surface area contributed by atoms with Crippen molar-refractivity contribution in [2.75, 3.05) is 31.1 Å². The molecule has 6 nitrogen and oxygen atoms in total. The number of nitrogens with one attached hydrogen (secondary N) is 2. The Kier molecular flexibility index (Phi) is 6.80. The van der Waals surface area contributed by atoms with Gasteiger partial charge in [-0.15, -0.1) is 10.2 Å². The summed E-state index contributed by atoms with van der Waals surface area (Å²) in [5, 5.41) is 15.5. The molecule has 0 bridgehead atoms. The molecule has 7 heteroatoms. The van der Waals surface area contributed by atoms with Crippen LogP contribution in [0.5, 0.6) is 0 Å². The Morgan fingerprint density at radius 2 is 1.84 bits per heavy atom. The highest BCUT2D eigenvalue weighted by Crippen LogP contribution is 2.30. The average molecular weight is 426 g/mol. The SMILES string of the molecule is Cc1c(-c2ccc(F)cc2)nnc(N2CCC(CNC(=O)C3CCCCN3)CC2)c1C. The molecular formula is C24H32FN5O. The van der Waals surface area contributed by atoms with Gasteiger partial charge in [0.05, 0.1) is 11.7 Å². The Labute approximate surface area is 183 Å². The number of nitrogens with zero attached hydrogens (tertiary/aromatic N) is 3. The van der Waals surface area contributed by atoms with Crippen LogP contribution in [0.4, 0.5) is 10.2 Å². The molecule has 1 unspecified atom stereocenters. The maximum absolute atomic E-state index is 13.2. The van der Waals surface area contributed by atoms with Crippen molar-refractivity contribution in [1.82, 2.24) is 20.8 Å². The normalized spacial score (nSPS) is 20.0. The van der Waals surface area contributed by atoms with Gasteiger partial charge in [-0.1, -0.05) is 6.42 Å². The summed E-state index contributed by atoms with van der Waals surface area (Å²) < 4.78 is 13.2. The van der Waals surface area contributed by atoms with E-state index in [0.717, 1.165) is 86.5 Å². The third-order valence-corrected chi connectivity index (χ3v) is 6.72. The molecule has 2 aliphatic rings. The molecule has 31 heavy (non-hydrogen) atoms. The van der Waals surface area contributed by atoms with E-state index >= 15 is 0 Å². The molecule has 2 saturated heterocycles. The van der Waals surface area contributed by atoms with Gasteiger partial charge in [-0.25, -0.2) is 4.39 Å². The molecule has 0 saturated carbocycles. The highest BCUT2D eigenvalue weighted by Gasteiger charge is 2.25. The van der Waals surface area contributed by atoms with Gasteiger partial charge >= 0.3 is 0 Å². The highest BCUT2D eigenvalue weighted by molar-refractivity contribution is 5.81. The minimum absolute atomic E-state index is 0.0191. The third-order valence-electron chi connectivity index (χ3n) is 6.72. The quantitative estimate of drug-likeness (QED) is 0.769. The zero-order valence-electron chi connectivity index (χ0n) is 18.5. The summed E-state index contributed by atoms with van der Waals surface area (Å²) in [6.45, 7) is 7.64. The van der Waals surface area contributed by atoms with Crippen LogP contribution in [0.25, 0.3) is 11.3 Å². The summed E-state index contributed by atoms with van der Waals surface area (Å²) in [6, 6.07) is 6.37. The maximum atomic E-state index is 13.2. The summed E-state index contributed by atoms with van der Waals surface area (Å²) in [4.78, 5) is 14.6. The number of amides is 1. The van der Waals surface area contributed by atoms with E-state index < -0.39 is 0 Å². The van der Waals surface area contributed by atoms with Crippen LogP contribution in [0, 0.1) is 25.6 Å². The molecule has 2 aromatic rings. The Balaban J connectivity index is 1.33. The van der Waals surface area contributed by atoms with E-state index in [1.165, 1.54) is 12.1 Å². The van der Waals surface area contributed by atoms with Crippen LogP contribution in [0.1, 0.15) is 43.2 Å². The number of carbonyl (C=O) groups excluding carboxylic acids is 1. The first-order valence-electron chi connectivity index (χ1n) is 11.4. The number of hydrogen-bond acceptors (Lipinski definition) is 5. The largest absolute Gasteiger partial charge is 0.355 e. The standard InChI is InChI=1S/C24H32FN5O/c1-16-17(2)23(29-28-22(16)19-6-8-20(25)9-7-19)30-13-10-18(11-14-30)15-27-24(31)21-5-3-4-12-26-21/h6-9,18,21,26H,3-5,10-15H2,1-2H3,(H,27,31). The van der Waals surface area contributed by atoms with Gasteiger partial charge in [0.1, 0.15) is 5.82 Å². The molecule has 2 N–H and O–H groups in total. The second kappa shape index (κ2) is 9.73. The zero-order chi connectivity index (χ0) is 21.8. The predicted molar refractivity (Wildman–Crippen MR) is 120 cm³/mol. The molecule has 166 valence electrons. The number of benzene rings is 1. The van der Waals surface area contributed by atoms with Crippen LogP contribution in [0.2, 0.25) is 0 Å². The third kappa shape index (κ3) is 5.03. The predicted octanol–water partition coefficient (Wildman–Crippen LogP) is 3.37. The number of hydrogen-bond donors (Lipinski definition) is 2. The van der Waals surface area contributed by atoms with E-state index in [2.05, 4.69) is 32.7 Å². The number of aromatic nitrogens is 2. The molecule has 1 atom stereocenters. The van der Waals surface area contributed by atoms with Gasteiger partial charge in [0.25, 0.3) is 0 Å². The van der Waals surface area contributed by atoms with E-state index in [1.54, 1.807) is 12.1 Å². The van der Waals surface area contributed by atoms with Gasteiger partial charge in [-0.2, -0.15) is 0 Å². The molecular weight excluding hydrogens is 393 g/mol. The lowest BCUT2D eigenvalue weighted by Crippen LogP contribution is -2.48. The number of halogens is 1. The van der Waals surface area contributed by atoms with Crippen LogP contribution in [-0.2, 0) is 4.79 Å². The van der Waals surface area contributed by atoms with Crippen LogP contribution < -0.4 is 15.5 Å². The topological polar surface area (TPSA) is 70.2 Å². The molecule has 4 rings (SSSR count). The van der Waals surface area contributed by atoms with Crippen molar-refractivity contribution in [2.24, 2.45) is 5.92 Å². The molecule has 0 spiro atoms. The van der Waals surface area contributed by atoms with E-state index in [4.69, 9.17) is 0 Å². The first kappa shape index (κ1) is 21.7. The fourth-order valence-electron chi connectivity index (χ4n) is 4.57. The molecule has 0 radical (unpaired) electrons. The number of carbonyl (C=O) groups is 1. The molecule has 2 fully saturated rings. The fraction of sp³-hybridized carbons (Fsp3) is 0.542. The first-order chi connectivity index (χ1) is 15.0. The monoisotopic (exact) mass is 425 g/mol. The zero-order valence-corrected chi connectivity index (χ0v) is 18.5. The molecule has 3 heterocycles. The second-order valence-corrected chi connectivity index (χ2v) is 8.81. The van der Waals surface area contributed by atoms with Gasteiger partial charge in [0.2, 0.25) is 5.91 Å². The van der Waals surface area contributed by atoms with Crippen LogP contribution >= 0.6 is 0 Å². The lowest BCUT2D eigenvalue weighted by Gasteiger charge is -2.34. The van der Waals surface area contributed by atoms with Crippen LogP contribution in [0.15, 0.2) is 24.3 Å². The van der Waals surface area contributed by atoms with Crippen molar-refractivity contribution in [3.8, 4) is 11.3 Å². The van der Waals surface area contributed by atoms with Crippen molar-refractivity contribution < 1.29 is 9.18 Å². The number of anilines is 1. The summed E-state index contributed by atoms with van der Waals surface area (Å²) in [7, 11) is 0. The average Bonchev–Trinajstić information content (AvgIpc) is 2.81. The Hall–Kier alpha value is -2.54. The van der Waals surface area contributed by atoms with Gasteiger partial charge in [0, 0.05) is 25.2 Å². The van der Waals surface area contributed by atoms with Gasteiger partial charge < -0.3 is 15.5 Å². The minimum Gasteiger partial charge on any atom is -0.355 e. The lowest BCUT2D eigenvalue weighted by molar-refractivity contribution is -0.123. The van der Waals surface area contributed by atoms with E-state index in [-0.39, 0.29) is 17.8 Å². The summed E-state index contributed by atoms with van der Waals surface area (Å²) in [5.41, 5.74) is 3.87. The van der Waals surface area contributed by atoms with Crippen molar-refractivity contribution in [3.63, 3.8) is 0 Å². The first-order valence-corrected chi connectivity index (χ1v) is 11.4. The lowest BCUT2D eigenvalue weighted by atomic mass is 9.95. The number of rotatable bonds is 5. The maximum Gasteiger partial charge on any atom is 0.237 e. The van der Waals surface area contributed by atoms with Crippen LogP contribution in [0.3, 0.4) is 0 Å². The highest BCUT2D eigenvalue weighted by atomic mass is 19.1. The Morgan fingerprint density at radius 1 is 1.10 bits per heavy atom. The summed E-state index contributed by atoms with van der Waals surface area (Å²) >= 11 is 0. The summed E-state index contributed by atoms with van der Waals surface area (Å²) in [6.07, 6.45) is 5.28. The van der Waals surface area contributed by atoms with E-state index in [0.29, 0.717) is 5.92 Å². The smallest absolute Gasteiger partial charge is 0.237 e. The minimum atomic E-state index is -0.253. The number of piperidine rings is 2. The molecule has 1 amide bonds. The van der Waals surface area contributed by atoms with Gasteiger partial charge in [-0.3, -0.25) is 4.79 Å². The molecule has 2 aliphatic heterocycles. The van der Waals surface area contributed by atoms with Gasteiger partial charge in [-0.05, 0) is 87.4 Å². The van der Waals surface area contributed by atoms with E-state index in [1.807, 2.05) is 6.92 Å². The fourth-order valence-corrected chi connectivity index (χ4v) is 4.57. The van der Waals surface area contributed by atoms with Crippen molar-refractivity contribution in [1.29, 1.82) is 0 Å². The van der Waals surface area contributed by atoms with Crippen molar-refractivity contribution >= 4 is 11.7 Å². The van der Waals surface area contributed by atoms with Crippen molar-refractivity contribution in [3.05, 3.63) is 41.2 Å². The Morgan fingerprint density at radius 3 is 2.52 bits per heavy atom. The molecule has 1 aromatic carbocycles. The van der Waals surface area contributed by atoms with Crippen molar-refractivity contribution in [2.45, 2.75) is 52.0 Å². The van der Waals surface area contributed by atoms with E-state index in [9.17, 15) is 9.18 Å². The Bertz CT molecular complexity index is 903.